The van der Waals surface area contributed by atoms with Crippen molar-refractivity contribution in [1.29, 1.82) is 10.5 Å². The maximum atomic E-state index is 15.1. The summed E-state index contributed by atoms with van der Waals surface area (Å²) in [5.41, 5.74) is 4.52. The van der Waals surface area contributed by atoms with Crippen LogP contribution in [0.4, 0.5) is 8.78 Å². The van der Waals surface area contributed by atoms with E-state index in [4.69, 9.17) is 0 Å². The van der Waals surface area contributed by atoms with E-state index in [2.05, 4.69) is 12.1 Å². The van der Waals surface area contributed by atoms with Crippen LogP contribution in [-0.2, 0) is 0 Å². The van der Waals surface area contributed by atoms with Crippen LogP contribution in [0.25, 0.3) is 55.0 Å². The highest BCUT2D eigenvalue weighted by molar-refractivity contribution is 6.29. The van der Waals surface area contributed by atoms with E-state index in [0.717, 1.165) is 55.7 Å². The molecular formula is C32H16F2N4. The first kappa shape index (κ1) is 21.8. The van der Waals surface area contributed by atoms with Crippen LogP contribution in [0, 0.1) is 34.3 Å². The molecule has 0 aliphatic carbocycles. The number of hydrogen-bond acceptors (Lipinski definition) is 2. The van der Waals surface area contributed by atoms with Gasteiger partial charge in [-0.15, -0.1) is 0 Å². The zero-order chi connectivity index (χ0) is 26.0. The fourth-order valence-electron chi connectivity index (χ4n) is 5.64. The molecule has 7 aromatic rings. The highest BCUT2D eigenvalue weighted by Crippen LogP contribution is 2.43. The highest BCUT2D eigenvalue weighted by atomic mass is 19.1. The molecule has 0 N–H and O–H groups in total. The number of nitriles is 2. The molecule has 4 nitrogen and oxygen atoms in total. The maximum absolute atomic E-state index is 15.1. The van der Waals surface area contributed by atoms with Crippen LogP contribution >= 0.6 is 0 Å². The molecule has 0 saturated heterocycles. The van der Waals surface area contributed by atoms with Crippen LogP contribution in [-0.4, -0.2) is 9.13 Å². The molecule has 0 aliphatic heterocycles. The Morgan fingerprint density at radius 2 is 1.11 bits per heavy atom. The summed E-state index contributed by atoms with van der Waals surface area (Å²) in [5, 5.41) is 23.5. The molecule has 0 spiro atoms. The smallest absolute Gasteiger partial charge is 0.147 e. The summed E-state index contributed by atoms with van der Waals surface area (Å²) in [6.45, 7) is 0. The Balaban J connectivity index is 1.74. The number of rotatable bonds is 2. The minimum atomic E-state index is -0.529. The number of hydrogen-bond donors (Lipinski definition) is 0. The van der Waals surface area contributed by atoms with E-state index >= 15 is 4.39 Å². The number of fused-ring (bicyclic) bond motifs is 7. The summed E-state index contributed by atoms with van der Waals surface area (Å²) in [6, 6.07) is 32.3. The van der Waals surface area contributed by atoms with Crippen LogP contribution in [0.1, 0.15) is 11.1 Å². The largest absolute Gasteiger partial charge is 0.307 e. The highest BCUT2D eigenvalue weighted by Gasteiger charge is 2.23. The van der Waals surface area contributed by atoms with Crippen molar-refractivity contribution in [2.24, 2.45) is 0 Å². The standard InChI is InChI=1S/C32H16F2N4/c33-21-12-13-24(34)29(16-21)37-25-10-3-1-8-22(25)30-27(37)14-15-28-31(30)23-9-2-4-11-26(23)38(28)32-19(17-35)6-5-7-20(32)18-36/h1-16H. The summed E-state index contributed by atoms with van der Waals surface area (Å²) >= 11 is 0. The zero-order valence-corrected chi connectivity index (χ0v) is 19.8. The molecule has 6 heteroatoms. The Hall–Kier alpha value is -5.46. The van der Waals surface area contributed by atoms with Gasteiger partial charge in [0, 0.05) is 27.6 Å². The lowest BCUT2D eigenvalue weighted by molar-refractivity contribution is 0.595. The van der Waals surface area contributed by atoms with Gasteiger partial charge < -0.3 is 9.13 Å². The summed E-state index contributed by atoms with van der Waals surface area (Å²) < 4.78 is 33.1. The fraction of sp³-hybridized carbons (Fsp3) is 0. The van der Waals surface area contributed by atoms with E-state index in [-0.39, 0.29) is 5.69 Å². The molecule has 2 heterocycles. The number of halogens is 2. The third kappa shape index (κ3) is 2.86. The van der Waals surface area contributed by atoms with E-state index in [1.807, 2.05) is 65.2 Å². The van der Waals surface area contributed by atoms with Gasteiger partial charge >= 0.3 is 0 Å². The summed E-state index contributed by atoms with van der Waals surface area (Å²) in [7, 11) is 0. The van der Waals surface area contributed by atoms with Crippen molar-refractivity contribution >= 4 is 43.6 Å². The molecule has 0 amide bonds. The topological polar surface area (TPSA) is 57.4 Å². The molecular weight excluding hydrogens is 478 g/mol. The monoisotopic (exact) mass is 494 g/mol. The quantitative estimate of drug-likeness (QED) is 0.245. The average Bonchev–Trinajstić information content (AvgIpc) is 3.46. The normalized spacial score (nSPS) is 11.4. The Bertz CT molecular complexity index is 2160. The Labute approximate surface area is 215 Å². The van der Waals surface area contributed by atoms with Crippen molar-refractivity contribution in [1.82, 2.24) is 9.13 Å². The second-order valence-electron chi connectivity index (χ2n) is 9.08. The number of benzene rings is 5. The average molecular weight is 495 g/mol. The van der Waals surface area contributed by atoms with Crippen molar-refractivity contribution in [3.8, 4) is 23.5 Å². The number of para-hydroxylation sites is 3. The second-order valence-corrected chi connectivity index (χ2v) is 9.08. The lowest BCUT2D eigenvalue weighted by Crippen LogP contribution is -2.01. The van der Waals surface area contributed by atoms with E-state index in [9.17, 15) is 14.9 Å². The minimum Gasteiger partial charge on any atom is -0.307 e. The molecule has 0 radical (unpaired) electrons. The van der Waals surface area contributed by atoms with Crippen molar-refractivity contribution in [2.75, 3.05) is 0 Å². The third-order valence-corrected chi connectivity index (χ3v) is 7.12. The van der Waals surface area contributed by atoms with E-state index < -0.39 is 11.6 Å². The lowest BCUT2D eigenvalue weighted by atomic mass is 10.1. The van der Waals surface area contributed by atoms with Crippen LogP contribution < -0.4 is 0 Å². The van der Waals surface area contributed by atoms with Gasteiger partial charge in [0.2, 0.25) is 0 Å². The van der Waals surface area contributed by atoms with Gasteiger partial charge in [0.05, 0.1) is 44.6 Å². The molecule has 5 aromatic carbocycles. The summed E-state index contributed by atoms with van der Waals surface area (Å²) in [5.74, 6) is -1.06. The molecule has 0 bridgehead atoms. The predicted octanol–water partition coefficient (Wildman–Crippen LogP) is 7.90. The minimum absolute atomic E-state index is 0.126. The molecule has 2 aromatic heterocycles. The lowest BCUT2D eigenvalue weighted by Gasteiger charge is -2.12. The predicted molar refractivity (Wildman–Crippen MR) is 144 cm³/mol. The molecule has 7 rings (SSSR count). The van der Waals surface area contributed by atoms with E-state index in [0.29, 0.717) is 16.8 Å². The maximum Gasteiger partial charge on any atom is 0.147 e. The molecule has 0 saturated carbocycles. The molecule has 0 atom stereocenters. The second kappa shape index (κ2) is 8.03. The van der Waals surface area contributed by atoms with Crippen molar-refractivity contribution < 1.29 is 8.78 Å². The van der Waals surface area contributed by atoms with Gasteiger partial charge in [-0.05, 0) is 48.5 Å². The first-order valence-electron chi connectivity index (χ1n) is 12.0. The Kier molecular flexibility index (Phi) is 4.60. The Morgan fingerprint density at radius 1 is 0.553 bits per heavy atom. The van der Waals surface area contributed by atoms with Gasteiger partial charge in [-0.25, -0.2) is 8.78 Å². The first-order valence-corrected chi connectivity index (χ1v) is 12.0. The van der Waals surface area contributed by atoms with Gasteiger partial charge in [-0.3, -0.25) is 0 Å². The first-order chi connectivity index (χ1) is 18.6. The summed E-state index contributed by atoms with van der Waals surface area (Å²) in [6.07, 6.45) is 0. The van der Waals surface area contributed by atoms with E-state index in [1.54, 1.807) is 22.8 Å². The van der Waals surface area contributed by atoms with Crippen LogP contribution in [0.15, 0.2) is 97.1 Å². The zero-order valence-electron chi connectivity index (χ0n) is 19.8. The van der Waals surface area contributed by atoms with Crippen LogP contribution in [0.3, 0.4) is 0 Å². The Morgan fingerprint density at radius 3 is 1.71 bits per heavy atom. The van der Waals surface area contributed by atoms with Gasteiger partial charge in [0.1, 0.15) is 23.8 Å². The third-order valence-electron chi connectivity index (χ3n) is 7.12. The van der Waals surface area contributed by atoms with Gasteiger partial charge in [-0.1, -0.05) is 42.5 Å². The van der Waals surface area contributed by atoms with Crippen LogP contribution in [0.2, 0.25) is 0 Å². The molecule has 0 fully saturated rings. The van der Waals surface area contributed by atoms with Crippen molar-refractivity contribution in [3.63, 3.8) is 0 Å². The molecule has 0 aliphatic rings. The molecule has 0 unspecified atom stereocenters. The number of aromatic nitrogens is 2. The van der Waals surface area contributed by atoms with Gasteiger partial charge in [-0.2, -0.15) is 10.5 Å². The molecule has 38 heavy (non-hydrogen) atoms. The number of nitrogens with zero attached hydrogens (tertiary/aromatic N) is 4. The molecule has 178 valence electrons. The van der Waals surface area contributed by atoms with E-state index in [1.165, 1.54) is 6.07 Å². The van der Waals surface area contributed by atoms with Crippen molar-refractivity contribution in [3.05, 3.63) is 120 Å². The SMILES string of the molecule is N#Cc1cccc(C#N)c1-n1c2ccccc2c2c3c4ccccc4n(-c4cc(F)ccc4F)c3ccc21. The fourth-order valence-corrected chi connectivity index (χ4v) is 5.64. The summed E-state index contributed by atoms with van der Waals surface area (Å²) in [4.78, 5) is 0. The van der Waals surface area contributed by atoms with Crippen LogP contribution in [0.5, 0.6) is 0 Å². The van der Waals surface area contributed by atoms with Gasteiger partial charge in [0.25, 0.3) is 0 Å². The van der Waals surface area contributed by atoms with Gasteiger partial charge in [0.15, 0.2) is 0 Å². The van der Waals surface area contributed by atoms with Crippen molar-refractivity contribution in [2.45, 2.75) is 0 Å².